The van der Waals surface area contributed by atoms with Crippen LogP contribution >= 0.6 is 0 Å². The van der Waals surface area contributed by atoms with Crippen LogP contribution in [-0.4, -0.2) is 18.2 Å². The number of rotatable bonds is 4. The number of hydrogen-bond donors (Lipinski definition) is 2. The molecule has 0 aliphatic rings. The Kier molecular flexibility index (Phi) is 4.34. The SMILES string of the molecule is CN=CC(/C=C\C=C\c1cc2ccccc2[nH]1)=C\N. The maximum atomic E-state index is 5.47. The van der Waals surface area contributed by atoms with Gasteiger partial charge in [0.15, 0.2) is 0 Å². The molecule has 19 heavy (non-hydrogen) atoms. The van der Waals surface area contributed by atoms with Crippen molar-refractivity contribution in [2.75, 3.05) is 7.05 Å². The Morgan fingerprint density at radius 2 is 2.11 bits per heavy atom. The van der Waals surface area contributed by atoms with Gasteiger partial charge in [0.2, 0.25) is 0 Å². The van der Waals surface area contributed by atoms with Crippen molar-refractivity contribution >= 4 is 23.2 Å². The molecule has 2 aromatic rings. The molecule has 0 bridgehead atoms. The summed E-state index contributed by atoms with van der Waals surface area (Å²) >= 11 is 0. The van der Waals surface area contributed by atoms with Gasteiger partial charge in [-0.3, -0.25) is 4.99 Å². The van der Waals surface area contributed by atoms with Crippen LogP contribution in [0.15, 0.2) is 65.3 Å². The Morgan fingerprint density at radius 1 is 1.26 bits per heavy atom. The maximum absolute atomic E-state index is 5.47. The average Bonchev–Trinajstić information content (AvgIpc) is 2.85. The third-order valence-corrected chi connectivity index (χ3v) is 2.70. The molecule has 3 N–H and O–H groups in total. The van der Waals surface area contributed by atoms with Gasteiger partial charge in [-0.2, -0.15) is 0 Å². The van der Waals surface area contributed by atoms with Crippen LogP contribution in [0, 0.1) is 0 Å². The van der Waals surface area contributed by atoms with E-state index in [9.17, 15) is 0 Å². The lowest BCUT2D eigenvalue weighted by Gasteiger charge is -1.88. The Hall–Kier alpha value is -2.55. The molecular weight excluding hydrogens is 234 g/mol. The molecule has 3 heteroatoms. The summed E-state index contributed by atoms with van der Waals surface area (Å²) < 4.78 is 0. The van der Waals surface area contributed by atoms with Gasteiger partial charge in [-0.15, -0.1) is 0 Å². The first-order chi connectivity index (χ1) is 9.33. The summed E-state index contributed by atoms with van der Waals surface area (Å²) in [5.74, 6) is 0. The molecular formula is C16H17N3. The van der Waals surface area contributed by atoms with Crippen molar-refractivity contribution in [1.82, 2.24) is 4.98 Å². The first kappa shape index (κ1) is 12.9. The van der Waals surface area contributed by atoms with E-state index in [4.69, 9.17) is 5.73 Å². The maximum Gasteiger partial charge on any atom is 0.0458 e. The second kappa shape index (κ2) is 6.40. The van der Waals surface area contributed by atoms with E-state index >= 15 is 0 Å². The largest absolute Gasteiger partial charge is 0.404 e. The number of aliphatic imine (C=N–C) groups is 1. The molecule has 1 aromatic heterocycles. The number of aromatic amines is 1. The van der Waals surface area contributed by atoms with Gasteiger partial charge in [-0.05, 0) is 23.6 Å². The van der Waals surface area contributed by atoms with E-state index in [-0.39, 0.29) is 0 Å². The summed E-state index contributed by atoms with van der Waals surface area (Å²) in [5.41, 5.74) is 8.57. The molecule has 2 rings (SSSR count). The zero-order valence-corrected chi connectivity index (χ0v) is 10.9. The number of allylic oxidation sites excluding steroid dienone is 4. The standard InChI is InChI=1S/C16H17N3/c1-18-12-13(11-17)6-2-4-8-15-10-14-7-3-5-9-16(14)19-15/h2-12,19H,17H2,1H3/b6-2-,8-4+,13-11-,18-12?. The summed E-state index contributed by atoms with van der Waals surface area (Å²) in [4.78, 5) is 7.25. The number of H-pyrrole nitrogens is 1. The van der Waals surface area contributed by atoms with E-state index in [1.165, 1.54) is 11.6 Å². The van der Waals surface area contributed by atoms with Crippen molar-refractivity contribution < 1.29 is 0 Å². The van der Waals surface area contributed by atoms with Gasteiger partial charge < -0.3 is 10.7 Å². The summed E-state index contributed by atoms with van der Waals surface area (Å²) in [6, 6.07) is 10.3. The fraction of sp³-hybridized carbons (Fsp3) is 0.0625. The molecule has 0 unspecified atom stereocenters. The van der Waals surface area contributed by atoms with Crippen molar-refractivity contribution in [2.24, 2.45) is 10.7 Å². The molecule has 0 aliphatic heterocycles. The lowest BCUT2D eigenvalue weighted by molar-refractivity contribution is 1.43. The molecule has 0 radical (unpaired) electrons. The number of aromatic nitrogens is 1. The van der Waals surface area contributed by atoms with Gasteiger partial charge >= 0.3 is 0 Å². The normalized spacial score (nSPS) is 13.4. The monoisotopic (exact) mass is 251 g/mol. The number of hydrogen-bond acceptors (Lipinski definition) is 2. The molecule has 0 spiro atoms. The summed E-state index contributed by atoms with van der Waals surface area (Å²) in [5, 5.41) is 1.21. The molecule has 0 saturated heterocycles. The number of nitrogens with two attached hydrogens (primary N) is 1. The van der Waals surface area contributed by atoms with Crippen LogP contribution in [0.4, 0.5) is 0 Å². The van der Waals surface area contributed by atoms with Crippen molar-refractivity contribution in [3.05, 3.63) is 66.0 Å². The molecule has 0 aliphatic carbocycles. The third kappa shape index (κ3) is 3.45. The van der Waals surface area contributed by atoms with Crippen LogP contribution in [-0.2, 0) is 0 Å². The van der Waals surface area contributed by atoms with Crippen molar-refractivity contribution in [3.8, 4) is 0 Å². The summed E-state index contributed by atoms with van der Waals surface area (Å²) in [6.07, 6.45) is 11.1. The first-order valence-corrected chi connectivity index (χ1v) is 6.10. The Morgan fingerprint density at radius 3 is 2.84 bits per heavy atom. The van der Waals surface area contributed by atoms with E-state index in [0.29, 0.717) is 0 Å². The number of benzene rings is 1. The summed E-state index contributed by atoms with van der Waals surface area (Å²) in [7, 11) is 1.72. The van der Waals surface area contributed by atoms with Gasteiger partial charge in [-0.1, -0.05) is 36.4 Å². The highest BCUT2D eigenvalue weighted by atomic mass is 14.7. The van der Waals surface area contributed by atoms with Crippen molar-refractivity contribution in [3.63, 3.8) is 0 Å². The van der Waals surface area contributed by atoms with Gasteiger partial charge in [-0.25, -0.2) is 0 Å². The molecule has 0 atom stereocenters. The lowest BCUT2D eigenvalue weighted by Crippen LogP contribution is -1.86. The highest BCUT2D eigenvalue weighted by Crippen LogP contribution is 2.15. The Balaban J connectivity index is 2.08. The second-order valence-electron chi connectivity index (χ2n) is 4.08. The zero-order valence-electron chi connectivity index (χ0n) is 10.9. The minimum absolute atomic E-state index is 0.879. The molecule has 0 amide bonds. The van der Waals surface area contributed by atoms with Crippen molar-refractivity contribution in [2.45, 2.75) is 0 Å². The smallest absolute Gasteiger partial charge is 0.0458 e. The van der Waals surface area contributed by atoms with Gasteiger partial charge in [0.1, 0.15) is 0 Å². The first-order valence-electron chi connectivity index (χ1n) is 6.10. The highest BCUT2D eigenvalue weighted by molar-refractivity contribution is 5.83. The minimum atomic E-state index is 0.879. The Bertz CT molecular complexity index is 624. The van der Waals surface area contributed by atoms with Crippen LogP contribution in [0.2, 0.25) is 0 Å². The van der Waals surface area contributed by atoms with Crippen molar-refractivity contribution in [1.29, 1.82) is 0 Å². The molecule has 0 saturated carbocycles. The van der Waals surface area contributed by atoms with Crippen LogP contribution in [0.25, 0.3) is 17.0 Å². The van der Waals surface area contributed by atoms with Crippen LogP contribution in [0.1, 0.15) is 5.69 Å². The molecule has 0 fully saturated rings. The van der Waals surface area contributed by atoms with Crippen LogP contribution in [0.3, 0.4) is 0 Å². The average molecular weight is 251 g/mol. The molecule has 3 nitrogen and oxygen atoms in total. The van der Waals surface area contributed by atoms with E-state index < -0.39 is 0 Å². The summed E-state index contributed by atoms with van der Waals surface area (Å²) in [6.45, 7) is 0. The number of para-hydroxylation sites is 1. The zero-order chi connectivity index (χ0) is 13.5. The molecule has 1 aromatic carbocycles. The number of nitrogens with zero attached hydrogens (tertiary/aromatic N) is 1. The lowest BCUT2D eigenvalue weighted by atomic mass is 10.2. The Labute approximate surface area is 112 Å². The third-order valence-electron chi connectivity index (χ3n) is 2.70. The fourth-order valence-corrected chi connectivity index (χ4v) is 1.80. The second-order valence-corrected chi connectivity index (χ2v) is 4.08. The van der Waals surface area contributed by atoms with E-state index in [1.807, 2.05) is 36.4 Å². The van der Waals surface area contributed by atoms with E-state index in [0.717, 1.165) is 16.8 Å². The molecule has 1 heterocycles. The quantitative estimate of drug-likeness (QED) is 0.636. The van der Waals surface area contributed by atoms with Gasteiger partial charge in [0, 0.05) is 36.2 Å². The van der Waals surface area contributed by atoms with E-state index in [1.54, 1.807) is 13.3 Å². The topological polar surface area (TPSA) is 54.2 Å². The number of nitrogens with one attached hydrogen (secondary N) is 1. The van der Waals surface area contributed by atoms with E-state index in [2.05, 4.69) is 28.2 Å². The fourth-order valence-electron chi connectivity index (χ4n) is 1.80. The van der Waals surface area contributed by atoms with Crippen LogP contribution in [0.5, 0.6) is 0 Å². The predicted molar refractivity (Wildman–Crippen MR) is 83.2 cm³/mol. The van der Waals surface area contributed by atoms with Crippen LogP contribution < -0.4 is 5.73 Å². The highest BCUT2D eigenvalue weighted by Gasteiger charge is 1.94. The van der Waals surface area contributed by atoms with Gasteiger partial charge in [0.25, 0.3) is 0 Å². The molecule has 96 valence electrons. The van der Waals surface area contributed by atoms with Gasteiger partial charge in [0.05, 0.1) is 0 Å². The minimum Gasteiger partial charge on any atom is -0.404 e. The number of fused-ring (bicyclic) bond motifs is 1. The predicted octanol–water partition coefficient (Wildman–Crippen LogP) is 3.28.